The van der Waals surface area contributed by atoms with Crippen molar-refractivity contribution in [2.24, 2.45) is 0 Å². The molecule has 78 valence electrons. The van der Waals surface area contributed by atoms with Crippen LogP contribution in [0.2, 0.25) is 0 Å². The summed E-state index contributed by atoms with van der Waals surface area (Å²) in [7, 11) is 0. The van der Waals surface area contributed by atoms with Crippen molar-refractivity contribution in [3.63, 3.8) is 0 Å². The molecule has 6 heteroatoms. The summed E-state index contributed by atoms with van der Waals surface area (Å²) < 4.78 is 5.11. The number of rotatable bonds is 4. The predicted octanol–water partition coefficient (Wildman–Crippen LogP) is 2.05. The average Bonchev–Trinajstić information content (AvgIpc) is 2.86. The van der Waals surface area contributed by atoms with Gasteiger partial charge in [-0.1, -0.05) is 11.3 Å². The molecule has 0 fully saturated rings. The van der Waals surface area contributed by atoms with E-state index >= 15 is 0 Å². The lowest BCUT2D eigenvalue weighted by molar-refractivity contribution is 0.0702. The Balaban J connectivity index is 1.96. The molecule has 2 rings (SSSR count). The number of hydrogen-bond donors (Lipinski definition) is 2. The Kier molecular flexibility index (Phi) is 2.68. The van der Waals surface area contributed by atoms with Crippen LogP contribution in [0.15, 0.2) is 29.0 Å². The van der Waals surface area contributed by atoms with E-state index in [4.69, 9.17) is 9.52 Å². The number of nitrogens with one attached hydrogen (secondary N) is 1. The quantitative estimate of drug-likeness (QED) is 0.831. The summed E-state index contributed by atoms with van der Waals surface area (Å²) in [5, 5.41) is 12.2. The molecule has 2 aromatic heterocycles. The maximum atomic E-state index is 10.6. The summed E-state index contributed by atoms with van der Waals surface area (Å²) in [4.78, 5) is 14.7. The van der Waals surface area contributed by atoms with Crippen LogP contribution in [0.4, 0.5) is 5.13 Å². The number of carboxylic acid groups (broad SMARTS) is 1. The zero-order chi connectivity index (χ0) is 10.7. The Morgan fingerprint density at radius 2 is 2.53 bits per heavy atom. The molecule has 2 heterocycles. The number of hydrogen-bond acceptors (Lipinski definition) is 5. The Morgan fingerprint density at radius 3 is 3.13 bits per heavy atom. The first-order valence-corrected chi connectivity index (χ1v) is 5.03. The Bertz CT molecular complexity index is 450. The van der Waals surface area contributed by atoms with E-state index in [1.54, 1.807) is 12.3 Å². The molecule has 5 nitrogen and oxygen atoms in total. The first-order valence-electron chi connectivity index (χ1n) is 4.21. The first-order chi connectivity index (χ1) is 7.25. The third-order valence-electron chi connectivity index (χ3n) is 1.71. The second kappa shape index (κ2) is 4.14. The summed E-state index contributed by atoms with van der Waals surface area (Å²) in [6, 6.07) is 3.63. The summed E-state index contributed by atoms with van der Waals surface area (Å²) in [6.45, 7) is 0.500. The highest BCUT2D eigenvalue weighted by molar-refractivity contribution is 7.17. The largest absolute Gasteiger partial charge is 0.477 e. The highest BCUT2D eigenvalue weighted by Crippen LogP contribution is 2.18. The molecule has 0 spiro atoms. The van der Waals surface area contributed by atoms with Crippen LogP contribution in [0.25, 0.3) is 0 Å². The summed E-state index contributed by atoms with van der Waals surface area (Å²) >= 11 is 1.10. The summed E-state index contributed by atoms with van der Waals surface area (Å²) in [5.74, 6) is -0.180. The third-order valence-corrected chi connectivity index (χ3v) is 2.65. The minimum absolute atomic E-state index is 0.219. The van der Waals surface area contributed by atoms with E-state index in [1.165, 1.54) is 6.20 Å². The molecule has 2 N–H and O–H groups in total. The molecule has 0 aliphatic rings. The molecule has 15 heavy (non-hydrogen) atoms. The van der Waals surface area contributed by atoms with E-state index in [0.717, 1.165) is 17.1 Å². The molecule has 2 aromatic rings. The van der Waals surface area contributed by atoms with E-state index < -0.39 is 5.97 Å². The van der Waals surface area contributed by atoms with Gasteiger partial charge in [-0.3, -0.25) is 0 Å². The van der Waals surface area contributed by atoms with Gasteiger partial charge in [-0.25, -0.2) is 9.78 Å². The molecule has 0 radical (unpaired) electrons. The van der Waals surface area contributed by atoms with Crippen molar-refractivity contribution in [2.75, 3.05) is 5.32 Å². The van der Waals surface area contributed by atoms with Crippen LogP contribution in [-0.4, -0.2) is 16.1 Å². The molecular formula is C9H8N2O3S. The molecule has 0 atom stereocenters. The second-order valence-electron chi connectivity index (χ2n) is 2.77. The number of carboxylic acids is 1. The van der Waals surface area contributed by atoms with E-state index in [1.807, 2.05) is 6.07 Å². The van der Waals surface area contributed by atoms with E-state index in [2.05, 4.69) is 10.3 Å². The monoisotopic (exact) mass is 224 g/mol. The van der Waals surface area contributed by atoms with Crippen molar-refractivity contribution in [2.45, 2.75) is 6.54 Å². The van der Waals surface area contributed by atoms with Gasteiger partial charge in [-0.05, 0) is 12.1 Å². The molecule has 0 aliphatic heterocycles. The Hall–Kier alpha value is -1.82. The van der Waals surface area contributed by atoms with Crippen LogP contribution in [-0.2, 0) is 6.54 Å². The summed E-state index contributed by atoms with van der Waals surface area (Å²) in [5.41, 5.74) is 0. The lowest BCUT2D eigenvalue weighted by Gasteiger charge is -1.97. The molecule has 0 amide bonds. The van der Waals surface area contributed by atoms with Crippen molar-refractivity contribution in [1.82, 2.24) is 4.98 Å². The van der Waals surface area contributed by atoms with E-state index in [0.29, 0.717) is 11.7 Å². The zero-order valence-electron chi connectivity index (χ0n) is 7.64. The van der Waals surface area contributed by atoms with Crippen LogP contribution in [0.3, 0.4) is 0 Å². The van der Waals surface area contributed by atoms with Gasteiger partial charge in [0.15, 0.2) is 5.13 Å². The molecule has 0 saturated carbocycles. The number of anilines is 1. The maximum absolute atomic E-state index is 10.6. The van der Waals surface area contributed by atoms with Crippen LogP contribution in [0.5, 0.6) is 0 Å². The standard InChI is InChI=1S/C9H8N2O3S/c12-8(13)7-5-11-9(15-7)10-4-6-2-1-3-14-6/h1-3,5H,4H2,(H,10,11)(H,12,13). The number of furan rings is 1. The Labute approximate surface area is 89.4 Å². The topological polar surface area (TPSA) is 75.4 Å². The van der Waals surface area contributed by atoms with Crippen molar-refractivity contribution in [3.8, 4) is 0 Å². The van der Waals surface area contributed by atoms with Gasteiger partial charge in [0, 0.05) is 0 Å². The number of carbonyl (C=O) groups is 1. The Morgan fingerprint density at radius 1 is 1.67 bits per heavy atom. The SMILES string of the molecule is O=C(O)c1cnc(NCc2ccco2)s1. The fourth-order valence-corrected chi connectivity index (χ4v) is 1.68. The minimum Gasteiger partial charge on any atom is -0.477 e. The fourth-order valence-electron chi connectivity index (χ4n) is 1.03. The lowest BCUT2D eigenvalue weighted by atomic mass is 10.4. The van der Waals surface area contributed by atoms with Gasteiger partial charge in [0.1, 0.15) is 10.6 Å². The van der Waals surface area contributed by atoms with Crippen LogP contribution >= 0.6 is 11.3 Å². The smallest absolute Gasteiger partial charge is 0.347 e. The van der Waals surface area contributed by atoms with Gasteiger partial charge >= 0.3 is 5.97 Å². The highest BCUT2D eigenvalue weighted by atomic mass is 32.1. The molecule has 0 bridgehead atoms. The van der Waals surface area contributed by atoms with Gasteiger partial charge in [0.05, 0.1) is 19.0 Å². The predicted molar refractivity (Wildman–Crippen MR) is 55.1 cm³/mol. The number of aromatic carboxylic acids is 1. The average molecular weight is 224 g/mol. The van der Waals surface area contributed by atoms with Gasteiger partial charge in [-0.15, -0.1) is 0 Å². The van der Waals surface area contributed by atoms with E-state index in [9.17, 15) is 4.79 Å². The maximum Gasteiger partial charge on any atom is 0.347 e. The normalized spacial score (nSPS) is 10.1. The molecule has 0 unspecified atom stereocenters. The third kappa shape index (κ3) is 2.35. The fraction of sp³-hybridized carbons (Fsp3) is 0.111. The van der Waals surface area contributed by atoms with Gasteiger partial charge in [-0.2, -0.15) is 0 Å². The second-order valence-corrected chi connectivity index (χ2v) is 3.80. The van der Waals surface area contributed by atoms with Crippen molar-refractivity contribution < 1.29 is 14.3 Å². The highest BCUT2D eigenvalue weighted by Gasteiger charge is 2.08. The zero-order valence-corrected chi connectivity index (χ0v) is 8.45. The molecule has 0 saturated heterocycles. The van der Waals surface area contributed by atoms with Gasteiger partial charge < -0.3 is 14.8 Å². The van der Waals surface area contributed by atoms with Crippen LogP contribution in [0, 0.1) is 0 Å². The molecular weight excluding hydrogens is 216 g/mol. The number of aromatic nitrogens is 1. The van der Waals surface area contributed by atoms with Crippen molar-refractivity contribution in [3.05, 3.63) is 35.2 Å². The molecule has 0 aromatic carbocycles. The lowest BCUT2D eigenvalue weighted by Crippen LogP contribution is -1.96. The minimum atomic E-state index is -0.960. The van der Waals surface area contributed by atoms with E-state index in [-0.39, 0.29) is 4.88 Å². The van der Waals surface area contributed by atoms with Gasteiger partial charge in [0.25, 0.3) is 0 Å². The molecule has 0 aliphatic carbocycles. The van der Waals surface area contributed by atoms with Crippen LogP contribution in [0.1, 0.15) is 15.4 Å². The number of nitrogens with zero attached hydrogens (tertiary/aromatic N) is 1. The van der Waals surface area contributed by atoms with Crippen molar-refractivity contribution >= 4 is 22.4 Å². The first kappa shape index (κ1) is 9.72. The van der Waals surface area contributed by atoms with Gasteiger partial charge in [0.2, 0.25) is 0 Å². The van der Waals surface area contributed by atoms with Crippen molar-refractivity contribution in [1.29, 1.82) is 0 Å². The summed E-state index contributed by atoms with van der Waals surface area (Å²) in [6.07, 6.45) is 2.92. The number of thiazole rings is 1. The van der Waals surface area contributed by atoms with Crippen LogP contribution < -0.4 is 5.32 Å².